The zero-order valence-corrected chi connectivity index (χ0v) is 13.2. The van der Waals surface area contributed by atoms with E-state index in [1.807, 2.05) is 36.4 Å². The van der Waals surface area contributed by atoms with Gasteiger partial charge in [0.15, 0.2) is 0 Å². The molecule has 0 fully saturated rings. The highest BCUT2D eigenvalue weighted by molar-refractivity contribution is 6.42. The first-order valence-electron chi connectivity index (χ1n) is 6.47. The first-order valence-corrected chi connectivity index (χ1v) is 7.61. The zero-order valence-electron chi connectivity index (χ0n) is 11.0. The number of rotatable bonds is 5. The van der Waals surface area contributed by atoms with Crippen molar-refractivity contribution in [2.75, 3.05) is 6.54 Å². The SMILES string of the molecule is NCC(Cc1ccc(Cl)cc1)Cc1cccc(Cl)c1Cl. The Labute approximate surface area is 134 Å². The largest absolute Gasteiger partial charge is 0.330 e. The molecule has 1 atom stereocenters. The second-order valence-corrected chi connectivity index (χ2v) is 6.07. The highest BCUT2D eigenvalue weighted by Crippen LogP contribution is 2.28. The average Bonchev–Trinajstić information content (AvgIpc) is 2.45. The van der Waals surface area contributed by atoms with E-state index in [1.165, 1.54) is 5.56 Å². The molecule has 0 saturated carbocycles. The van der Waals surface area contributed by atoms with Crippen molar-refractivity contribution >= 4 is 34.8 Å². The summed E-state index contributed by atoms with van der Waals surface area (Å²) in [5, 5.41) is 1.96. The van der Waals surface area contributed by atoms with Gasteiger partial charge in [-0.25, -0.2) is 0 Å². The van der Waals surface area contributed by atoms with Gasteiger partial charge in [-0.2, -0.15) is 0 Å². The second-order valence-electron chi connectivity index (χ2n) is 4.85. The molecule has 0 saturated heterocycles. The maximum atomic E-state index is 6.23. The summed E-state index contributed by atoms with van der Waals surface area (Å²) in [7, 11) is 0. The van der Waals surface area contributed by atoms with Crippen molar-refractivity contribution in [3.8, 4) is 0 Å². The van der Waals surface area contributed by atoms with Crippen molar-refractivity contribution in [2.24, 2.45) is 11.7 Å². The Morgan fingerprint density at radius 2 is 1.60 bits per heavy atom. The lowest BCUT2D eigenvalue weighted by Gasteiger charge is -2.16. The van der Waals surface area contributed by atoms with Crippen molar-refractivity contribution < 1.29 is 0 Å². The summed E-state index contributed by atoms with van der Waals surface area (Å²) in [5.41, 5.74) is 8.15. The lowest BCUT2D eigenvalue weighted by molar-refractivity contribution is 0.533. The van der Waals surface area contributed by atoms with Gasteiger partial charge in [-0.15, -0.1) is 0 Å². The number of nitrogens with two attached hydrogens (primary N) is 1. The van der Waals surface area contributed by atoms with Gasteiger partial charge in [-0.05, 0) is 54.6 Å². The minimum absolute atomic E-state index is 0.326. The van der Waals surface area contributed by atoms with Gasteiger partial charge in [0.25, 0.3) is 0 Å². The fourth-order valence-corrected chi connectivity index (χ4v) is 2.73. The van der Waals surface area contributed by atoms with Crippen LogP contribution in [-0.2, 0) is 12.8 Å². The van der Waals surface area contributed by atoms with E-state index in [2.05, 4.69) is 0 Å². The van der Waals surface area contributed by atoms with Crippen molar-refractivity contribution in [1.82, 2.24) is 0 Å². The first kappa shape index (κ1) is 15.7. The molecule has 0 aliphatic carbocycles. The van der Waals surface area contributed by atoms with E-state index < -0.39 is 0 Å². The number of hydrogen-bond donors (Lipinski definition) is 1. The molecule has 0 bridgehead atoms. The fourth-order valence-electron chi connectivity index (χ4n) is 2.21. The van der Waals surface area contributed by atoms with Crippen LogP contribution < -0.4 is 5.73 Å². The van der Waals surface area contributed by atoms with E-state index in [4.69, 9.17) is 40.5 Å². The minimum Gasteiger partial charge on any atom is -0.330 e. The summed E-state index contributed by atoms with van der Waals surface area (Å²) in [4.78, 5) is 0. The van der Waals surface area contributed by atoms with Crippen LogP contribution in [0.15, 0.2) is 42.5 Å². The van der Waals surface area contributed by atoms with Crippen LogP contribution in [0.2, 0.25) is 15.1 Å². The van der Waals surface area contributed by atoms with Crippen LogP contribution >= 0.6 is 34.8 Å². The van der Waals surface area contributed by atoms with E-state index >= 15 is 0 Å². The third-order valence-electron chi connectivity index (χ3n) is 3.31. The van der Waals surface area contributed by atoms with Gasteiger partial charge in [-0.3, -0.25) is 0 Å². The molecule has 20 heavy (non-hydrogen) atoms. The van der Waals surface area contributed by atoms with Gasteiger partial charge in [-0.1, -0.05) is 59.1 Å². The molecule has 1 unspecified atom stereocenters. The molecular formula is C16H16Cl3N. The molecule has 0 aromatic heterocycles. The van der Waals surface area contributed by atoms with Crippen LogP contribution in [0.4, 0.5) is 0 Å². The summed E-state index contributed by atoms with van der Waals surface area (Å²) in [5.74, 6) is 0.326. The lowest BCUT2D eigenvalue weighted by Crippen LogP contribution is -2.19. The van der Waals surface area contributed by atoms with E-state index in [0.717, 1.165) is 23.4 Å². The maximum absolute atomic E-state index is 6.23. The predicted molar refractivity (Wildman–Crippen MR) is 87.9 cm³/mol. The molecule has 2 aromatic carbocycles. The molecule has 4 heteroatoms. The quantitative estimate of drug-likeness (QED) is 0.820. The van der Waals surface area contributed by atoms with Crippen LogP contribution in [0.25, 0.3) is 0 Å². The predicted octanol–water partition coefficient (Wildman–Crippen LogP) is 5.01. The summed E-state index contributed by atoms with van der Waals surface area (Å²) < 4.78 is 0. The van der Waals surface area contributed by atoms with Crippen molar-refractivity contribution in [3.63, 3.8) is 0 Å². The van der Waals surface area contributed by atoms with Gasteiger partial charge in [0.1, 0.15) is 0 Å². The zero-order chi connectivity index (χ0) is 14.5. The van der Waals surface area contributed by atoms with E-state index in [9.17, 15) is 0 Å². The molecule has 0 spiro atoms. The molecule has 0 amide bonds. The van der Waals surface area contributed by atoms with Gasteiger partial charge in [0.05, 0.1) is 10.0 Å². The van der Waals surface area contributed by atoms with Crippen LogP contribution in [0, 0.1) is 5.92 Å². The van der Waals surface area contributed by atoms with Gasteiger partial charge in [0.2, 0.25) is 0 Å². The molecule has 2 aromatic rings. The molecule has 106 valence electrons. The Bertz CT molecular complexity index is 566. The van der Waals surface area contributed by atoms with E-state index in [0.29, 0.717) is 22.5 Å². The molecule has 0 aliphatic rings. The summed E-state index contributed by atoms with van der Waals surface area (Å²) >= 11 is 18.2. The van der Waals surface area contributed by atoms with Crippen molar-refractivity contribution in [1.29, 1.82) is 0 Å². The highest BCUT2D eigenvalue weighted by Gasteiger charge is 2.12. The monoisotopic (exact) mass is 327 g/mol. The highest BCUT2D eigenvalue weighted by atomic mass is 35.5. The second kappa shape index (κ2) is 7.33. The number of halogens is 3. The standard InChI is InChI=1S/C16H16Cl3N/c17-14-6-4-11(5-7-14)8-12(10-20)9-13-2-1-3-15(18)16(13)19/h1-7,12H,8-10,20H2. The third-order valence-corrected chi connectivity index (χ3v) is 4.42. The van der Waals surface area contributed by atoms with Crippen LogP contribution in [-0.4, -0.2) is 6.54 Å². The Hall–Kier alpha value is -0.730. The fraction of sp³-hybridized carbons (Fsp3) is 0.250. The smallest absolute Gasteiger partial charge is 0.0624 e. The molecule has 2 rings (SSSR count). The Morgan fingerprint density at radius 3 is 2.25 bits per heavy atom. The topological polar surface area (TPSA) is 26.0 Å². The van der Waals surface area contributed by atoms with Gasteiger partial charge < -0.3 is 5.73 Å². The maximum Gasteiger partial charge on any atom is 0.0624 e. The molecule has 0 aliphatic heterocycles. The molecule has 0 heterocycles. The lowest BCUT2D eigenvalue weighted by atomic mass is 9.92. The van der Waals surface area contributed by atoms with Crippen LogP contribution in [0.5, 0.6) is 0 Å². The Morgan fingerprint density at radius 1 is 0.900 bits per heavy atom. The third kappa shape index (κ3) is 4.13. The summed E-state index contributed by atoms with van der Waals surface area (Å²) in [6.45, 7) is 0.603. The summed E-state index contributed by atoms with van der Waals surface area (Å²) in [6.07, 6.45) is 1.72. The first-order chi connectivity index (χ1) is 9.60. The molecule has 2 N–H and O–H groups in total. The van der Waals surface area contributed by atoms with Gasteiger partial charge >= 0.3 is 0 Å². The van der Waals surface area contributed by atoms with Gasteiger partial charge in [0, 0.05) is 5.02 Å². The average molecular weight is 329 g/mol. The molecule has 1 nitrogen and oxygen atoms in total. The van der Waals surface area contributed by atoms with Crippen molar-refractivity contribution in [2.45, 2.75) is 12.8 Å². The number of benzene rings is 2. The molecular weight excluding hydrogens is 313 g/mol. The van der Waals surface area contributed by atoms with Crippen LogP contribution in [0.3, 0.4) is 0 Å². The Kier molecular flexibility index (Phi) is 5.74. The normalized spacial score (nSPS) is 12.4. The molecule has 0 radical (unpaired) electrons. The van der Waals surface area contributed by atoms with Crippen molar-refractivity contribution in [3.05, 3.63) is 68.7 Å². The van der Waals surface area contributed by atoms with E-state index in [1.54, 1.807) is 6.07 Å². The van der Waals surface area contributed by atoms with E-state index in [-0.39, 0.29) is 0 Å². The summed E-state index contributed by atoms with van der Waals surface area (Å²) in [6, 6.07) is 13.6. The van der Waals surface area contributed by atoms with Crippen LogP contribution in [0.1, 0.15) is 11.1 Å². The number of hydrogen-bond acceptors (Lipinski definition) is 1. The Balaban J connectivity index is 2.09. The minimum atomic E-state index is 0.326.